The maximum atomic E-state index is 12.0. The van der Waals surface area contributed by atoms with Crippen LogP contribution in [0.2, 0.25) is 0 Å². The Labute approximate surface area is 213 Å². The van der Waals surface area contributed by atoms with E-state index >= 15 is 0 Å². The lowest BCUT2D eigenvalue weighted by molar-refractivity contribution is -0.00339. The largest absolute Gasteiger partial charge is 0.377 e. The van der Waals surface area contributed by atoms with Crippen molar-refractivity contribution in [2.24, 2.45) is 13.0 Å². The number of nitrogens with zero attached hydrogens (tertiary/aromatic N) is 4. The van der Waals surface area contributed by atoms with Gasteiger partial charge in [-0.1, -0.05) is 36.4 Å². The lowest BCUT2D eigenvalue weighted by Crippen LogP contribution is -2.52. The van der Waals surface area contributed by atoms with E-state index in [1.807, 2.05) is 30.2 Å². The van der Waals surface area contributed by atoms with Crippen molar-refractivity contribution >= 4 is 26.5 Å². The fourth-order valence-electron chi connectivity index (χ4n) is 5.37. The van der Waals surface area contributed by atoms with Crippen LogP contribution in [0.3, 0.4) is 0 Å². The normalized spacial score (nSPS) is 23.6. The van der Waals surface area contributed by atoms with E-state index in [1.165, 1.54) is 17.4 Å². The standard InChI is InChI=1S/C27H35N5O3S/c1-31-27-16-28-26(14-22(27)15-29-31)21-8-10-24(11-9-21)35-19-23-18-32(17-20-6-4-3-5-7-20)13-12-25(23)30-36(2,33)34/h3-8,14-16,23-25,30H,9-13,17-19H2,1-2H3/t23-,24?,25-/m0/s1. The molecule has 1 aliphatic heterocycles. The summed E-state index contributed by atoms with van der Waals surface area (Å²) in [6, 6.07) is 12.4. The Balaban J connectivity index is 1.20. The number of hydrogen-bond acceptors (Lipinski definition) is 6. The number of ether oxygens (including phenoxy) is 1. The summed E-state index contributed by atoms with van der Waals surface area (Å²) in [6.45, 7) is 3.09. The zero-order valence-electron chi connectivity index (χ0n) is 21.0. The summed E-state index contributed by atoms with van der Waals surface area (Å²) in [5.74, 6) is 0.109. The molecule has 2 aliphatic rings. The Morgan fingerprint density at radius 2 is 2.00 bits per heavy atom. The Bertz CT molecular complexity index is 1320. The first-order chi connectivity index (χ1) is 17.3. The molecule has 1 saturated heterocycles. The average Bonchev–Trinajstić information content (AvgIpc) is 3.24. The van der Waals surface area contributed by atoms with Gasteiger partial charge in [0.15, 0.2) is 0 Å². The van der Waals surface area contributed by atoms with Gasteiger partial charge < -0.3 is 4.74 Å². The molecule has 0 radical (unpaired) electrons. The quantitative estimate of drug-likeness (QED) is 0.501. The van der Waals surface area contributed by atoms with E-state index in [2.05, 4.69) is 56.1 Å². The fraction of sp³-hybridized carbons (Fsp3) is 0.481. The molecule has 1 aromatic carbocycles. The summed E-state index contributed by atoms with van der Waals surface area (Å²) < 4.78 is 35.1. The highest BCUT2D eigenvalue weighted by molar-refractivity contribution is 7.88. The van der Waals surface area contributed by atoms with Crippen LogP contribution >= 0.6 is 0 Å². The molecule has 1 fully saturated rings. The number of aryl methyl sites for hydroxylation is 1. The number of sulfonamides is 1. The molecule has 0 bridgehead atoms. The van der Waals surface area contributed by atoms with Crippen LogP contribution in [0.25, 0.3) is 16.5 Å². The molecule has 2 aromatic heterocycles. The van der Waals surface area contributed by atoms with Crippen LogP contribution in [0, 0.1) is 5.92 Å². The maximum absolute atomic E-state index is 12.0. The van der Waals surface area contributed by atoms with Crippen molar-refractivity contribution < 1.29 is 13.2 Å². The number of allylic oxidation sites excluding steroid dienone is 1. The minimum Gasteiger partial charge on any atom is -0.377 e. The summed E-state index contributed by atoms with van der Waals surface area (Å²) >= 11 is 0. The molecule has 192 valence electrons. The van der Waals surface area contributed by atoms with Crippen LogP contribution in [0.15, 0.2) is 54.9 Å². The number of pyridine rings is 1. The third kappa shape index (κ3) is 6.21. The lowest BCUT2D eigenvalue weighted by Gasteiger charge is -2.39. The Hall–Kier alpha value is -2.59. The number of piperidine rings is 1. The predicted octanol–water partition coefficient (Wildman–Crippen LogP) is 3.36. The summed E-state index contributed by atoms with van der Waals surface area (Å²) in [5.41, 5.74) is 4.57. The molecule has 9 heteroatoms. The van der Waals surface area contributed by atoms with E-state index in [0.717, 1.165) is 61.9 Å². The van der Waals surface area contributed by atoms with Gasteiger partial charge in [0.1, 0.15) is 0 Å². The minimum atomic E-state index is -3.27. The van der Waals surface area contributed by atoms with Gasteiger partial charge >= 0.3 is 0 Å². The highest BCUT2D eigenvalue weighted by Crippen LogP contribution is 2.30. The zero-order chi connectivity index (χ0) is 25.1. The molecule has 1 aliphatic carbocycles. The van der Waals surface area contributed by atoms with E-state index < -0.39 is 10.0 Å². The van der Waals surface area contributed by atoms with Crippen LogP contribution in [0.1, 0.15) is 36.9 Å². The predicted molar refractivity (Wildman–Crippen MR) is 142 cm³/mol. The van der Waals surface area contributed by atoms with E-state index in [9.17, 15) is 8.42 Å². The van der Waals surface area contributed by atoms with Crippen molar-refractivity contribution in [3.8, 4) is 0 Å². The molecule has 3 heterocycles. The number of likely N-dealkylation sites (tertiary alicyclic amines) is 1. The minimum absolute atomic E-state index is 0.0999. The molecular weight excluding hydrogens is 474 g/mol. The molecule has 1 unspecified atom stereocenters. The fourth-order valence-corrected chi connectivity index (χ4v) is 6.23. The van der Waals surface area contributed by atoms with E-state index in [-0.39, 0.29) is 18.1 Å². The summed E-state index contributed by atoms with van der Waals surface area (Å²) in [6.07, 6.45) is 10.9. The van der Waals surface area contributed by atoms with Gasteiger partial charge in [0, 0.05) is 44.0 Å². The molecule has 0 spiro atoms. The van der Waals surface area contributed by atoms with E-state index in [1.54, 1.807) is 0 Å². The summed E-state index contributed by atoms with van der Waals surface area (Å²) in [4.78, 5) is 7.06. The van der Waals surface area contributed by atoms with Gasteiger partial charge in [-0.2, -0.15) is 5.10 Å². The van der Waals surface area contributed by atoms with Gasteiger partial charge in [-0.25, -0.2) is 13.1 Å². The van der Waals surface area contributed by atoms with Gasteiger partial charge in [-0.05, 0) is 42.9 Å². The van der Waals surface area contributed by atoms with Gasteiger partial charge in [0.2, 0.25) is 10.0 Å². The van der Waals surface area contributed by atoms with E-state index in [0.29, 0.717) is 6.61 Å². The number of benzene rings is 1. The van der Waals surface area contributed by atoms with Gasteiger partial charge in [0.25, 0.3) is 0 Å². The Morgan fingerprint density at radius 1 is 1.17 bits per heavy atom. The van der Waals surface area contributed by atoms with Crippen molar-refractivity contribution in [3.05, 3.63) is 66.1 Å². The van der Waals surface area contributed by atoms with Crippen LogP contribution in [0.5, 0.6) is 0 Å². The second-order valence-corrected chi connectivity index (χ2v) is 11.9. The van der Waals surface area contributed by atoms with E-state index in [4.69, 9.17) is 4.74 Å². The Kier molecular flexibility index (Phi) is 7.52. The molecule has 36 heavy (non-hydrogen) atoms. The molecule has 3 atom stereocenters. The molecule has 0 amide bonds. The number of aromatic nitrogens is 3. The molecule has 5 rings (SSSR count). The van der Waals surface area contributed by atoms with Gasteiger partial charge in [0.05, 0.1) is 42.6 Å². The van der Waals surface area contributed by atoms with Crippen LogP contribution in [-0.2, 0) is 28.4 Å². The van der Waals surface area contributed by atoms with Gasteiger partial charge in [-0.15, -0.1) is 0 Å². The van der Waals surface area contributed by atoms with Crippen molar-refractivity contribution in [1.29, 1.82) is 0 Å². The van der Waals surface area contributed by atoms with Crippen LogP contribution in [0.4, 0.5) is 0 Å². The third-order valence-electron chi connectivity index (χ3n) is 7.30. The topological polar surface area (TPSA) is 89.4 Å². The number of fused-ring (bicyclic) bond motifs is 1. The second kappa shape index (κ2) is 10.8. The molecule has 1 N–H and O–H groups in total. The molecule has 3 aromatic rings. The average molecular weight is 510 g/mol. The summed E-state index contributed by atoms with van der Waals surface area (Å²) in [7, 11) is -1.35. The van der Waals surface area contributed by atoms with Crippen LogP contribution in [-0.4, -0.2) is 66.2 Å². The first-order valence-corrected chi connectivity index (χ1v) is 14.6. The number of nitrogens with one attached hydrogen (secondary N) is 1. The van der Waals surface area contributed by atoms with Crippen molar-refractivity contribution in [3.63, 3.8) is 0 Å². The highest BCUT2D eigenvalue weighted by atomic mass is 32.2. The lowest BCUT2D eigenvalue weighted by atomic mass is 9.92. The van der Waals surface area contributed by atoms with Crippen molar-refractivity contribution in [2.45, 2.75) is 44.4 Å². The van der Waals surface area contributed by atoms with Gasteiger partial charge in [-0.3, -0.25) is 14.6 Å². The van der Waals surface area contributed by atoms with Crippen LogP contribution < -0.4 is 4.72 Å². The maximum Gasteiger partial charge on any atom is 0.208 e. The highest BCUT2D eigenvalue weighted by Gasteiger charge is 2.32. The number of rotatable bonds is 8. The number of hydrogen-bond donors (Lipinski definition) is 1. The van der Waals surface area contributed by atoms with Crippen molar-refractivity contribution in [2.75, 3.05) is 26.0 Å². The first kappa shape index (κ1) is 25.1. The molecule has 0 saturated carbocycles. The first-order valence-electron chi connectivity index (χ1n) is 12.7. The molecule has 8 nitrogen and oxygen atoms in total. The zero-order valence-corrected chi connectivity index (χ0v) is 21.8. The smallest absolute Gasteiger partial charge is 0.208 e. The molecular formula is C27H35N5O3S. The monoisotopic (exact) mass is 509 g/mol. The SMILES string of the molecule is Cn1ncc2cc(C3=CCC(OC[C@@H]4CN(Cc5ccccc5)CC[C@@H]4NS(C)(=O)=O)CC3)ncc21. The third-order valence-corrected chi connectivity index (χ3v) is 8.03. The Morgan fingerprint density at radius 3 is 2.75 bits per heavy atom. The second-order valence-electron chi connectivity index (χ2n) is 10.1. The summed E-state index contributed by atoms with van der Waals surface area (Å²) in [5, 5.41) is 5.41. The van der Waals surface area contributed by atoms with Crippen molar-refractivity contribution in [1.82, 2.24) is 24.4 Å².